The summed E-state index contributed by atoms with van der Waals surface area (Å²) in [5.74, 6) is -0.0275. The highest BCUT2D eigenvalue weighted by Crippen LogP contribution is 2.15. The highest BCUT2D eigenvalue weighted by atomic mass is 32.1. The molecule has 1 aromatic rings. The molecule has 0 aromatic carbocycles. The van der Waals surface area contributed by atoms with Gasteiger partial charge in [-0.05, 0) is 19.3 Å². The van der Waals surface area contributed by atoms with Crippen molar-refractivity contribution in [3.8, 4) is 0 Å². The van der Waals surface area contributed by atoms with E-state index in [1.54, 1.807) is 19.6 Å². The SMILES string of the molecule is CCCCCCCCC(=O)N(CCCOC)Cc1nc(C(=O)NCCCOC)cs1. The van der Waals surface area contributed by atoms with Crippen LogP contribution in [0, 0.1) is 0 Å². The number of ether oxygens (including phenoxy) is 2. The van der Waals surface area contributed by atoms with Gasteiger partial charge in [0.25, 0.3) is 5.91 Å². The van der Waals surface area contributed by atoms with Gasteiger partial charge in [-0.15, -0.1) is 11.3 Å². The fourth-order valence-corrected chi connectivity index (χ4v) is 3.86. The van der Waals surface area contributed by atoms with Crippen molar-refractivity contribution in [2.45, 2.75) is 71.3 Å². The first-order chi connectivity index (χ1) is 14.6. The number of nitrogens with zero attached hydrogens (tertiary/aromatic N) is 2. The third-order valence-electron chi connectivity index (χ3n) is 4.79. The van der Waals surface area contributed by atoms with Crippen LogP contribution in [-0.2, 0) is 20.8 Å². The maximum absolute atomic E-state index is 12.7. The monoisotopic (exact) mass is 441 g/mol. The fraction of sp³-hybridized carbons (Fsp3) is 0.773. The molecule has 0 fully saturated rings. The number of hydrogen-bond acceptors (Lipinski definition) is 6. The summed E-state index contributed by atoms with van der Waals surface area (Å²) < 4.78 is 10.1. The van der Waals surface area contributed by atoms with Gasteiger partial charge in [0.05, 0.1) is 6.54 Å². The van der Waals surface area contributed by atoms with Crippen molar-refractivity contribution in [2.75, 3.05) is 40.5 Å². The van der Waals surface area contributed by atoms with Crippen LogP contribution in [0.4, 0.5) is 0 Å². The zero-order valence-corrected chi connectivity index (χ0v) is 19.7. The van der Waals surface area contributed by atoms with Crippen LogP contribution in [0.5, 0.6) is 0 Å². The third kappa shape index (κ3) is 11.6. The molecule has 0 atom stereocenters. The summed E-state index contributed by atoms with van der Waals surface area (Å²) in [7, 11) is 3.31. The molecule has 1 aromatic heterocycles. The molecular weight excluding hydrogens is 402 g/mol. The van der Waals surface area contributed by atoms with Gasteiger partial charge in [0.15, 0.2) is 0 Å². The van der Waals surface area contributed by atoms with E-state index in [-0.39, 0.29) is 11.8 Å². The summed E-state index contributed by atoms with van der Waals surface area (Å²) in [6.07, 6.45) is 9.08. The molecule has 172 valence electrons. The number of rotatable bonds is 18. The number of hydrogen-bond donors (Lipinski definition) is 1. The normalized spacial score (nSPS) is 10.9. The van der Waals surface area contributed by atoms with E-state index in [0.29, 0.717) is 45.0 Å². The first-order valence-electron chi connectivity index (χ1n) is 11.1. The Morgan fingerprint density at radius 2 is 1.73 bits per heavy atom. The molecule has 0 aliphatic carbocycles. The van der Waals surface area contributed by atoms with Gasteiger partial charge in [-0.3, -0.25) is 9.59 Å². The molecule has 8 heteroatoms. The number of amides is 2. The highest BCUT2D eigenvalue weighted by Gasteiger charge is 2.17. The second kappa shape index (κ2) is 17.2. The second-order valence-corrected chi connectivity index (χ2v) is 8.35. The number of nitrogens with one attached hydrogen (secondary N) is 1. The lowest BCUT2D eigenvalue weighted by Gasteiger charge is -2.21. The van der Waals surface area contributed by atoms with Crippen molar-refractivity contribution in [1.29, 1.82) is 0 Å². The number of carbonyl (C=O) groups is 2. The first kappa shape index (κ1) is 26.5. The average molecular weight is 442 g/mol. The van der Waals surface area contributed by atoms with E-state index in [0.717, 1.165) is 30.7 Å². The maximum Gasteiger partial charge on any atom is 0.270 e. The molecule has 30 heavy (non-hydrogen) atoms. The Labute approximate surface area is 185 Å². The molecule has 0 aliphatic rings. The van der Waals surface area contributed by atoms with Gasteiger partial charge in [-0.1, -0.05) is 39.0 Å². The van der Waals surface area contributed by atoms with Crippen LogP contribution < -0.4 is 5.32 Å². The van der Waals surface area contributed by atoms with Crippen LogP contribution in [0.2, 0.25) is 0 Å². The van der Waals surface area contributed by atoms with Crippen molar-refractivity contribution in [3.63, 3.8) is 0 Å². The number of carbonyl (C=O) groups excluding carboxylic acids is 2. The van der Waals surface area contributed by atoms with Gasteiger partial charge < -0.3 is 19.7 Å². The Hall–Kier alpha value is -1.51. The molecule has 0 unspecified atom stereocenters. The molecule has 7 nitrogen and oxygen atoms in total. The average Bonchev–Trinajstić information content (AvgIpc) is 3.21. The van der Waals surface area contributed by atoms with Gasteiger partial charge in [0, 0.05) is 52.3 Å². The fourth-order valence-electron chi connectivity index (χ4n) is 3.07. The quantitative estimate of drug-likeness (QED) is 0.348. The largest absolute Gasteiger partial charge is 0.385 e. The number of methoxy groups -OCH3 is 2. The van der Waals surface area contributed by atoms with Gasteiger partial charge in [0.1, 0.15) is 10.7 Å². The zero-order valence-electron chi connectivity index (χ0n) is 18.9. The van der Waals surface area contributed by atoms with E-state index >= 15 is 0 Å². The Bertz CT molecular complexity index is 595. The van der Waals surface area contributed by atoms with E-state index in [2.05, 4.69) is 17.2 Å². The predicted octanol–water partition coefficient (Wildman–Crippen LogP) is 4.03. The molecule has 1 heterocycles. The molecule has 1 rings (SSSR count). The highest BCUT2D eigenvalue weighted by molar-refractivity contribution is 7.09. The Balaban J connectivity index is 2.53. The van der Waals surface area contributed by atoms with E-state index in [1.807, 2.05) is 4.90 Å². The van der Waals surface area contributed by atoms with Crippen LogP contribution in [0.1, 0.15) is 80.2 Å². The smallest absolute Gasteiger partial charge is 0.270 e. The van der Waals surface area contributed by atoms with E-state index in [1.165, 1.54) is 37.0 Å². The molecule has 0 saturated carbocycles. The zero-order chi connectivity index (χ0) is 22.0. The maximum atomic E-state index is 12.7. The third-order valence-corrected chi connectivity index (χ3v) is 5.63. The van der Waals surface area contributed by atoms with Gasteiger partial charge in [-0.25, -0.2) is 4.98 Å². The van der Waals surface area contributed by atoms with Gasteiger partial charge in [-0.2, -0.15) is 0 Å². The summed E-state index contributed by atoms with van der Waals surface area (Å²) in [6.45, 7) is 5.07. The molecule has 0 aliphatic heterocycles. The van der Waals surface area contributed by atoms with Crippen LogP contribution in [0.15, 0.2) is 5.38 Å². The lowest BCUT2D eigenvalue weighted by atomic mass is 10.1. The van der Waals surface area contributed by atoms with Crippen molar-refractivity contribution < 1.29 is 19.1 Å². The van der Waals surface area contributed by atoms with E-state index in [4.69, 9.17) is 9.47 Å². The summed E-state index contributed by atoms with van der Waals surface area (Å²) in [5.41, 5.74) is 0.410. The molecule has 0 radical (unpaired) electrons. The summed E-state index contributed by atoms with van der Waals surface area (Å²) in [6, 6.07) is 0. The minimum Gasteiger partial charge on any atom is -0.385 e. The first-order valence-corrected chi connectivity index (χ1v) is 12.0. The van der Waals surface area contributed by atoms with Crippen molar-refractivity contribution in [1.82, 2.24) is 15.2 Å². The topological polar surface area (TPSA) is 80.8 Å². The van der Waals surface area contributed by atoms with Crippen LogP contribution in [-0.4, -0.2) is 62.2 Å². The van der Waals surface area contributed by atoms with Crippen molar-refractivity contribution in [2.24, 2.45) is 0 Å². The van der Waals surface area contributed by atoms with Crippen molar-refractivity contribution in [3.05, 3.63) is 16.1 Å². The molecule has 2 amide bonds. The van der Waals surface area contributed by atoms with Gasteiger partial charge in [0.2, 0.25) is 5.91 Å². The van der Waals surface area contributed by atoms with Crippen LogP contribution in [0.3, 0.4) is 0 Å². The van der Waals surface area contributed by atoms with Crippen LogP contribution in [0.25, 0.3) is 0 Å². The number of unbranched alkanes of at least 4 members (excludes halogenated alkanes) is 5. The van der Waals surface area contributed by atoms with E-state index in [9.17, 15) is 9.59 Å². The lowest BCUT2D eigenvalue weighted by molar-refractivity contribution is -0.132. The summed E-state index contributed by atoms with van der Waals surface area (Å²) in [5, 5.41) is 5.38. The number of aromatic nitrogens is 1. The molecular formula is C22H39N3O4S. The predicted molar refractivity (Wildman–Crippen MR) is 121 cm³/mol. The Morgan fingerprint density at radius 1 is 1.03 bits per heavy atom. The minimum atomic E-state index is -0.182. The Morgan fingerprint density at radius 3 is 2.47 bits per heavy atom. The van der Waals surface area contributed by atoms with Crippen LogP contribution >= 0.6 is 11.3 Å². The molecule has 0 spiro atoms. The van der Waals surface area contributed by atoms with Crippen molar-refractivity contribution >= 4 is 23.2 Å². The summed E-state index contributed by atoms with van der Waals surface area (Å²) >= 11 is 1.42. The number of thiazole rings is 1. The molecule has 0 saturated heterocycles. The molecule has 0 bridgehead atoms. The lowest BCUT2D eigenvalue weighted by Crippen LogP contribution is -2.32. The standard InChI is InChI=1S/C22H39N3O4S/c1-4-5-6-7-8-9-12-21(26)25(14-11-16-29-3)17-20-24-19(18-30-20)22(27)23-13-10-15-28-2/h18H,4-17H2,1-3H3,(H,23,27). The van der Waals surface area contributed by atoms with Gasteiger partial charge >= 0.3 is 0 Å². The van der Waals surface area contributed by atoms with E-state index < -0.39 is 0 Å². The Kier molecular flexibility index (Phi) is 15.2. The second-order valence-electron chi connectivity index (χ2n) is 7.41. The minimum absolute atomic E-state index is 0.155. The summed E-state index contributed by atoms with van der Waals surface area (Å²) in [4.78, 5) is 31.2. The molecule has 1 N–H and O–H groups in total.